The molecule has 0 bridgehead atoms. The van der Waals surface area contributed by atoms with Crippen LogP contribution in [-0.2, 0) is 11.3 Å². The minimum Gasteiger partial charge on any atom is -0.337 e. The molecule has 0 unspecified atom stereocenters. The summed E-state index contributed by atoms with van der Waals surface area (Å²) in [6.45, 7) is 2.58. The summed E-state index contributed by atoms with van der Waals surface area (Å²) in [5, 5.41) is 21.3. The van der Waals surface area contributed by atoms with Crippen LogP contribution in [0.2, 0.25) is 0 Å². The van der Waals surface area contributed by atoms with E-state index in [1.165, 1.54) is 11.8 Å². The molecule has 1 amide bonds. The number of nitrogens with one attached hydrogen (secondary N) is 1. The Morgan fingerprint density at radius 3 is 2.72 bits per heavy atom. The molecule has 25 heavy (non-hydrogen) atoms. The van der Waals surface area contributed by atoms with E-state index >= 15 is 0 Å². The van der Waals surface area contributed by atoms with Crippen molar-refractivity contribution >= 4 is 17.7 Å². The van der Waals surface area contributed by atoms with Crippen LogP contribution in [0.4, 0.5) is 0 Å². The third-order valence-corrected chi connectivity index (χ3v) is 5.43. The summed E-state index contributed by atoms with van der Waals surface area (Å²) in [5.41, 5.74) is 0.483. The number of aryl methyl sites for hydroxylation is 1. The second-order valence-corrected chi connectivity index (χ2v) is 7.28. The van der Waals surface area contributed by atoms with Gasteiger partial charge in [-0.2, -0.15) is 5.26 Å². The van der Waals surface area contributed by atoms with E-state index < -0.39 is 5.54 Å². The van der Waals surface area contributed by atoms with Crippen molar-refractivity contribution in [3.8, 4) is 6.07 Å². The first kappa shape index (κ1) is 17.5. The summed E-state index contributed by atoms with van der Waals surface area (Å²) in [7, 11) is 0. The van der Waals surface area contributed by atoms with Gasteiger partial charge in [-0.15, -0.1) is 10.2 Å². The fraction of sp³-hybridized carbons (Fsp3) is 0.444. The van der Waals surface area contributed by atoms with E-state index in [0.29, 0.717) is 11.7 Å². The van der Waals surface area contributed by atoms with Crippen molar-refractivity contribution in [2.45, 2.75) is 49.8 Å². The van der Waals surface area contributed by atoms with E-state index in [2.05, 4.69) is 33.7 Å². The Hall–Kier alpha value is -2.33. The molecule has 0 saturated heterocycles. The monoisotopic (exact) mass is 355 g/mol. The highest BCUT2D eigenvalue weighted by molar-refractivity contribution is 7.99. The SMILES string of the molecule is Cc1nnc(SCC(=O)NC2(C#N)CCCC2)n1Cc1ccccc1. The van der Waals surface area contributed by atoms with Gasteiger partial charge in [0.15, 0.2) is 5.16 Å². The van der Waals surface area contributed by atoms with E-state index in [1.807, 2.05) is 29.7 Å². The summed E-state index contributed by atoms with van der Waals surface area (Å²) in [6, 6.07) is 12.4. The van der Waals surface area contributed by atoms with Gasteiger partial charge in [0.2, 0.25) is 5.91 Å². The third kappa shape index (κ3) is 4.20. The fourth-order valence-corrected chi connectivity index (χ4v) is 3.88. The fourth-order valence-electron chi connectivity index (χ4n) is 3.09. The smallest absolute Gasteiger partial charge is 0.231 e. The van der Waals surface area contributed by atoms with Gasteiger partial charge in [-0.25, -0.2) is 0 Å². The van der Waals surface area contributed by atoms with E-state index in [0.717, 1.165) is 37.1 Å². The topological polar surface area (TPSA) is 83.6 Å². The number of aromatic nitrogens is 3. The molecule has 1 aromatic heterocycles. The second-order valence-electron chi connectivity index (χ2n) is 6.34. The molecule has 1 N–H and O–H groups in total. The van der Waals surface area contributed by atoms with Gasteiger partial charge in [0.05, 0.1) is 18.4 Å². The molecule has 130 valence electrons. The van der Waals surface area contributed by atoms with Gasteiger partial charge in [0.25, 0.3) is 0 Å². The van der Waals surface area contributed by atoms with Crippen LogP contribution >= 0.6 is 11.8 Å². The Morgan fingerprint density at radius 1 is 1.32 bits per heavy atom. The number of thioether (sulfide) groups is 1. The highest BCUT2D eigenvalue weighted by Crippen LogP contribution is 2.29. The van der Waals surface area contributed by atoms with Crippen molar-refractivity contribution in [2.75, 3.05) is 5.75 Å². The van der Waals surface area contributed by atoms with Gasteiger partial charge in [0.1, 0.15) is 11.4 Å². The summed E-state index contributed by atoms with van der Waals surface area (Å²) < 4.78 is 2.00. The number of nitriles is 1. The van der Waals surface area contributed by atoms with Crippen molar-refractivity contribution in [3.63, 3.8) is 0 Å². The summed E-state index contributed by atoms with van der Waals surface area (Å²) >= 11 is 1.36. The maximum Gasteiger partial charge on any atom is 0.231 e. The molecule has 1 aliphatic rings. The van der Waals surface area contributed by atoms with Gasteiger partial charge >= 0.3 is 0 Å². The lowest BCUT2D eigenvalue weighted by atomic mass is 10.0. The number of carbonyl (C=O) groups is 1. The molecule has 2 aromatic rings. The number of nitrogens with zero attached hydrogens (tertiary/aromatic N) is 4. The molecule has 1 heterocycles. The molecule has 0 aliphatic heterocycles. The predicted octanol–water partition coefficient (Wildman–Crippen LogP) is 2.68. The van der Waals surface area contributed by atoms with Crippen molar-refractivity contribution in [1.82, 2.24) is 20.1 Å². The first-order valence-corrected chi connectivity index (χ1v) is 9.39. The highest BCUT2D eigenvalue weighted by Gasteiger charge is 2.35. The quantitative estimate of drug-likeness (QED) is 0.806. The van der Waals surface area contributed by atoms with Gasteiger partial charge < -0.3 is 9.88 Å². The zero-order valence-corrected chi connectivity index (χ0v) is 15.1. The number of rotatable bonds is 6. The van der Waals surface area contributed by atoms with Crippen LogP contribution < -0.4 is 5.32 Å². The minimum absolute atomic E-state index is 0.125. The predicted molar refractivity (Wildman–Crippen MR) is 96.0 cm³/mol. The van der Waals surface area contributed by atoms with E-state index in [9.17, 15) is 10.1 Å². The van der Waals surface area contributed by atoms with Crippen LogP contribution in [-0.4, -0.2) is 32.0 Å². The van der Waals surface area contributed by atoms with Gasteiger partial charge in [-0.1, -0.05) is 42.1 Å². The lowest BCUT2D eigenvalue weighted by Crippen LogP contribution is -2.45. The van der Waals surface area contributed by atoms with Gasteiger partial charge in [0, 0.05) is 0 Å². The maximum absolute atomic E-state index is 12.3. The number of amides is 1. The molecule has 0 radical (unpaired) electrons. The van der Waals surface area contributed by atoms with Crippen molar-refractivity contribution < 1.29 is 4.79 Å². The minimum atomic E-state index is -0.675. The molecule has 1 fully saturated rings. The van der Waals surface area contributed by atoms with Crippen molar-refractivity contribution in [1.29, 1.82) is 5.26 Å². The number of hydrogen-bond donors (Lipinski definition) is 1. The van der Waals surface area contributed by atoms with Crippen molar-refractivity contribution in [3.05, 3.63) is 41.7 Å². The van der Waals surface area contributed by atoms with Gasteiger partial charge in [-0.3, -0.25) is 4.79 Å². The summed E-state index contributed by atoms with van der Waals surface area (Å²) in [6.07, 6.45) is 3.46. The third-order valence-electron chi connectivity index (χ3n) is 4.47. The Labute approximate surface area is 151 Å². The maximum atomic E-state index is 12.3. The average Bonchev–Trinajstić information content (AvgIpc) is 3.22. The molecule has 1 saturated carbocycles. The Balaban J connectivity index is 1.62. The van der Waals surface area contributed by atoms with Crippen LogP contribution in [0.1, 0.15) is 37.1 Å². The molecular formula is C18H21N5OS. The average molecular weight is 355 g/mol. The molecule has 1 aliphatic carbocycles. The molecule has 0 atom stereocenters. The van der Waals surface area contributed by atoms with Crippen LogP contribution in [0.15, 0.2) is 35.5 Å². The molecule has 0 spiro atoms. The summed E-state index contributed by atoms with van der Waals surface area (Å²) in [5.74, 6) is 0.924. The second kappa shape index (κ2) is 7.70. The highest BCUT2D eigenvalue weighted by atomic mass is 32.2. The van der Waals surface area contributed by atoms with E-state index in [4.69, 9.17) is 0 Å². The zero-order chi connectivity index (χ0) is 17.7. The Morgan fingerprint density at radius 2 is 2.04 bits per heavy atom. The normalized spacial score (nSPS) is 15.7. The van der Waals surface area contributed by atoms with Crippen LogP contribution in [0.25, 0.3) is 0 Å². The number of benzene rings is 1. The Bertz CT molecular complexity index is 775. The van der Waals surface area contributed by atoms with Crippen LogP contribution in [0.5, 0.6) is 0 Å². The molecule has 1 aromatic carbocycles. The van der Waals surface area contributed by atoms with Crippen LogP contribution in [0, 0.1) is 18.3 Å². The number of carbonyl (C=O) groups excluding carboxylic acids is 1. The molecule has 3 rings (SSSR count). The first-order chi connectivity index (χ1) is 12.1. The van der Waals surface area contributed by atoms with Crippen LogP contribution in [0.3, 0.4) is 0 Å². The summed E-state index contributed by atoms with van der Waals surface area (Å²) in [4.78, 5) is 12.3. The first-order valence-electron chi connectivity index (χ1n) is 8.41. The largest absolute Gasteiger partial charge is 0.337 e. The molecular weight excluding hydrogens is 334 g/mol. The Kier molecular flexibility index (Phi) is 5.39. The van der Waals surface area contributed by atoms with Gasteiger partial charge in [-0.05, 0) is 38.2 Å². The molecule has 6 nitrogen and oxygen atoms in total. The van der Waals surface area contributed by atoms with E-state index in [-0.39, 0.29) is 11.7 Å². The number of hydrogen-bond acceptors (Lipinski definition) is 5. The zero-order valence-electron chi connectivity index (χ0n) is 14.2. The molecule has 7 heteroatoms. The standard InChI is InChI=1S/C18H21N5OS/c1-14-21-22-17(23(14)11-15-7-3-2-4-8-15)25-12-16(24)20-18(13-19)9-5-6-10-18/h2-4,7-8H,5-6,9-12H2,1H3,(H,20,24). The van der Waals surface area contributed by atoms with Crippen molar-refractivity contribution in [2.24, 2.45) is 0 Å². The lowest BCUT2D eigenvalue weighted by molar-refractivity contribution is -0.119. The van der Waals surface area contributed by atoms with E-state index in [1.54, 1.807) is 0 Å². The lowest BCUT2D eigenvalue weighted by Gasteiger charge is -2.21.